The van der Waals surface area contributed by atoms with Crippen molar-refractivity contribution in [3.05, 3.63) is 82.0 Å². The van der Waals surface area contributed by atoms with Crippen LogP contribution in [0.4, 0.5) is 13.2 Å². The average Bonchev–Trinajstić information content (AvgIpc) is 2.89. The van der Waals surface area contributed by atoms with Crippen LogP contribution in [0.15, 0.2) is 59.7 Å². The minimum Gasteiger partial charge on any atom is -0.250 e. The van der Waals surface area contributed by atoms with Crippen molar-refractivity contribution in [1.82, 2.24) is 14.3 Å². The molecule has 7 heteroatoms. The van der Waals surface area contributed by atoms with Crippen LogP contribution in [0.3, 0.4) is 0 Å². The van der Waals surface area contributed by atoms with Gasteiger partial charge in [0.05, 0.1) is 17.8 Å². The maximum Gasteiger partial charge on any atom is 0.416 e. The van der Waals surface area contributed by atoms with E-state index in [-0.39, 0.29) is 12.2 Å². The molecule has 0 atom stereocenters. The lowest BCUT2D eigenvalue weighted by atomic mass is 10.1. The van der Waals surface area contributed by atoms with Gasteiger partial charge in [-0.15, -0.1) is 0 Å². The molecule has 124 valence electrons. The topological polar surface area (TPSA) is 39.8 Å². The van der Waals surface area contributed by atoms with Gasteiger partial charge in [0.25, 0.3) is 0 Å². The number of rotatable bonds is 3. The Kier molecular flexibility index (Phi) is 4.01. The molecule has 0 aliphatic carbocycles. The lowest BCUT2D eigenvalue weighted by molar-refractivity contribution is -0.137. The predicted octanol–water partition coefficient (Wildman–Crippen LogP) is 3.41. The first-order valence-corrected chi connectivity index (χ1v) is 7.22. The molecule has 4 nitrogen and oxygen atoms in total. The Hall–Kier alpha value is -2.83. The molecule has 0 spiro atoms. The van der Waals surface area contributed by atoms with Gasteiger partial charge in [-0.3, -0.25) is 0 Å². The van der Waals surface area contributed by atoms with E-state index in [1.807, 2.05) is 19.1 Å². The van der Waals surface area contributed by atoms with Crippen LogP contribution in [0.1, 0.15) is 16.7 Å². The molecule has 2 aromatic carbocycles. The molecular weight excluding hydrogens is 319 g/mol. The van der Waals surface area contributed by atoms with Gasteiger partial charge in [0.1, 0.15) is 6.33 Å². The molecular formula is C17H14F3N3O. The smallest absolute Gasteiger partial charge is 0.250 e. The van der Waals surface area contributed by atoms with Crippen molar-refractivity contribution < 1.29 is 13.2 Å². The molecule has 24 heavy (non-hydrogen) atoms. The second-order valence-electron chi connectivity index (χ2n) is 5.47. The van der Waals surface area contributed by atoms with Crippen LogP contribution in [-0.4, -0.2) is 14.3 Å². The molecule has 0 unspecified atom stereocenters. The van der Waals surface area contributed by atoms with Gasteiger partial charge in [0.2, 0.25) is 0 Å². The number of nitrogens with zero attached hydrogens (tertiary/aromatic N) is 3. The van der Waals surface area contributed by atoms with Gasteiger partial charge >= 0.3 is 11.9 Å². The van der Waals surface area contributed by atoms with Gasteiger partial charge in [0.15, 0.2) is 0 Å². The molecule has 0 amide bonds. The molecule has 0 radical (unpaired) electrons. The lowest BCUT2D eigenvalue weighted by Gasteiger charge is -2.07. The zero-order chi connectivity index (χ0) is 17.3. The van der Waals surface area contributed by atoms with Crippen molar-refractivity contribution in [3.8, 4) is 5.69 Å². The molecule has 0 saturated carbocycles. The predicted molar refractivity (Wildman–Crippen MR) is 83.1 cm³/mol. The summed E-state index contributed by atoms with van der Waals surface area (Å²) in [6, 6.07) is 12.1. The highest BCUT2D eigenvalue weighted by molar-refractivity contribution is 5.33. The molecule has 0 bridgehead atoms. The number of hydrogen-bond donors (Lipinski definition) is 0. The first-order chi connectivity index (χ1) is 11.3. The zero-order valence-electron chi connectivity index (χ0n) is 12.8. The van der Waals surface area contributed by atoms with Crippen molar-refractivity contribution in [2.24, 2.45) is 0 Å². The molecule has 0 N–H and O–H groups in total. The van der Waals surface area contributed by atoms with Gasteiger partial charge < -0.3 is 0 Å². The number of hydrogen-bond acceptors (Lipinski definition) is 2. The molecule has 0 saturated heterocycles. The van der Waals surface area contributed by atoms with E-state index in [1.165, 1.54) is 27.7 Å². The summed E-state index contributed by atoms with van der Waals surface area (Å²) < 4.78 is 40.3. The van der Waals surface area contributed by atoms with Crippen molar-refractivity contribution in [2.75, 3.05) is 0 Å². The Morgan fingerprint density at radius 2 is 1.62 bits per heavy atom. The normalized spacial score (nSPS) is 11.7. The maximum atomic E-state index is 12.6. The minimum atomic E-state index is -4.37. The highest BCUT2D eigenvalue weighted by Gasteiger charge is 2.29. The standard InChI is InChI=1S/C17H14F3N3O/c1-12-2-8-15(9-3-12)22-11-21-23(16(22)24)10-13-4-6-14(7-5-13)17(18,19)20/h2-9,11H,10H2,1H3. The van der Waals surface area contributed by atoms with Gasteiger partial charge in [-0.2, -0.15) is 18.3 Å². The van der Waals surface area contributed by atoms with Gasteiger partial charge in [0, 0.05) is 0 Å². The molecule has 0 aliphatic rings. The maximum absolute atomic E-state index is 12.6. The second kappa shape index (κ2) is 5.99. The minimum absolute atomic E-state index is 0.107. The largest absolute Gasteiger partial charge is 0.416 e. The summed E-state index contributed by atoms with van der Waals surface area (Å²) in [6.45, 7) is 2.05. The molecule has 3 aromatic rings. The highest BCUT2D eigenvalue weighted by Crippen LogP contribution is 2.29. The fourth-order valence-corrected chi connectivity index (χ4v) is 2.30. The Bertz CT molecular complexity index is 891. The van der Waals surface area contributed by atoms with E-state index >= 15 is 0 Å². The van der Waals surface area contributed by atoms with E-state index in [0.717, 1.165) is 17.7 Å². The van der Waals surface area contributed by atoms with Crippen LogP contribution in [0.25, 0.3) is 5.69 Å². The van der Waals surface area contributed by atoms with E-state index in [0.29, 0.717) is 11.3 Å². The summed E-state index contributed by atoms with van der Waals surface area (Å²) in [5.41, 5.74) is 1.26. The first-order valence-electron chi connectivity index (χ1n) is 7.22. The first kappa shape index (κ1) is 16.0. The van der Waals surface area contributed by atoms with E-state index in [9.17, 15) is 18.0 Å². The highest BCUT2D eigenvalue weighted by atomic mass is 19.4. The second-order valence-corrected chi connectivity index (χ2v) is 5.47. The SMILES string of the molecule is Cc1ccc(-n2cnn(Cc3ccc(C(F)(F)F)cc3)c2=O)cc1. The Balaban J connectivity index is 1.84. The third-order valence-corrected chi connectivity index (χ3v) is 3.66. The van der Waals surface area contributed by atoms with E-state index < -0.39 is 11.7 Å². The van der Waals surface area contributed by atoms with Crippen LogP contribution in [0.5, 0.6) is 0 Å². The quantitative estimate of drug-likeness (QED) is 0.737. The van der Waals surface area contributed by atoms with Crippen LogP contribution in [-0.2, 0) is 12.7 Å². The van der Waals surface area contributed by atoms with Crippen molar-refractivity contribution in [1.29, 1.82) is 0 Å². The Morgan fingerprint density at radius 1 is 1.00 bits per heavy atom. The Labute approximate surface area is 135 Å². The molecule has 0 aliphatic heterocycles. The summed E-state index contributed by atoms with van der Waals surface area (Å²) in [7, 11) is 0. The fourth-order valence-electron chi connectivity index (χ4n) is 2.30. The number of benzene rings is 2. The molecule has 0 fully saturated rings. The summed E-state index contributed by atoms with van der Waals surface area (Å²) in [4.78, 5) is 12.4. The lowest BCUT2D eigenvalue weighted by Crippen LogP contribution is -2.24. The summed E-state index contributed by atoms with van der Waals surface area (Å²) in [5.74, 6) is 0. The number of halogens is 3. The number of aryl methyl sites for hydroxylation is 1. The van der Waals surface area contributed by atoms with Crippen molar-refractivity contribution in [3.63, 3.8) is 0 Å². The van der Waals surface area contributed by atoms with Crippen LogP contribution in [0, 0.1) is 6.92 Å². The van der Waals surface area contributed by atoms with E-state index in [1.54, 1.807) is 12.1 Å². The van der Waals surface area contributed by atoms with Gasteiger partial charge in [-0.1, -0.05) is 29.8 Å². The van der Waals surface area contributed by atoms with Crippen LogP contribution < -0.4 is 5.69 Å². The zero-order valence-corrected chi connectivity index (χ0v) is 12.8. The number of alkyl halides is 3. The van der Waals surface area contributed by atoms with Gasteiger partial charge in [-0.25, -0.2) is 14.0 Å². The third kappa shape index (κ3) is 3.24. The molecule has 1 heterocycles. The van der Waals surface area contributed by atoms with Crippen molar-refractivity contribution >= 4 is 0 Å². The van der Waals surface area contributed by atoms with Gasteiger partial charge in [-0.05, 0) is 36.8 Å². The van der Waals surface area contributed by atoms with E-state index in [2.05, 4.69) is 5.10 Å². The molecule has 3 rings (SSSR count). The summed E-state index contributed by atoms with van der Waals surface area (Å²) in [5, 5.41) is 4.03. The monoisotopic (exact) mass is 333 g/mol. The van der Waals surface area contributed by atoms with Crippen LogP contribution in [0.2, 0.25) is 0 Å². The molecule has 1 aromatic heterocycles. The summed E-state index contributed by atoms with van der Waals surface area (Å²) >= 11 is 0. The Morgan fingerprint density at radius 3 is 2.21 bits per heavy atom. The average molecular weight is 333 g/mol. The third-order valence-electron chi connectivity index (χ3n) is 3.66. The van der Waals surface area contributed by atoms with E-state index in [4.69, 9.17) is 0 Å². The van der Waals surface area contributed by atoms with Crippen molar-refractivity contribution in [2.45, 2.75) is 19.6 Å². The number of aromatic nitrogens is 3. The summed E-state index contributed by atoms with van der Waals surface area (Å²) in [6.07, 6.45) is -2.97. The fraction of sp³-hybridized carbons (Fsp3) is 0.176. The van der Waals surface area contributed by atoms with Crippen LogP contribution >= 0.6 is 0 Å².